The van der Waals surface area contributed by atoms with Crippen molar-refractivity contribution in [1.82, 2.24) is 15.3 Å². The summed E-state index contributed by atoms with van der Waals surface area (Å²) in [6, 6.07) is 11.1. The minimum atomic E-state index is -0.458. The fraction of sp³-hybridized carbons (Fsp3) is 0.308. The van der Waals surface area contributed by atoms with Gasteiger partial charge in [0.05, 0.1) is 10.5 Å². The first kappa shape index (κ1) is 21.9. The van der Waals surface area contributed by atoms with Crippen LogP contribution in [0.25, 0.3) is 16.5 Å². The van der Waals surface area contributed by atoms with Crippen LogP contribution in [0, 0.1) is 11.7 Å². The molecule has 1 fully saturated rings. The average Bonchev–Trinajstić information content (AvgIpc) is 3.67. The Bertz CT molecular complexity index is 1220. The van der Waals surface area contributed by atoms with Gasteiger partial charge in [-0.2, -0.15) is 4.98 Å². The molecule has 0 unspecified atom stereocenters. The molecule has 1 saturated carbocycles. The molecule has 1 aliphatic heterocycles. The van der Waals surface area contributed by atoms with Crippen LogP contribution in [0.15, 0.2) is 55.1 Å². The molecule has 2 aliphatic rings. The lowest BCUT2D eigenvalue weighted by Gasteiger charge is -2.21. The number of benzene rings is 2. The first-order chi connectivity index (χ1) is 16.1. The van der Waals surface area contributed by atoms with Crippen molar-refractivity contribution in [3.63, 3.8) is 0 Å². The molecule has 0 saturated heterocycles. The summed E-state index contributed by atoms with van der Waals surface area (Å²) in [5, 5.41) is 11.3. The summed E-state index contributed by atoms with van der Waals surface area (Å²) in [5.41, 5.74) is 3.93. The summed E-state index contributed by atoms with van der Waals surface area (Å²) in [7, 11) is 0. The number of hydrogen-bond acceptors (Lipinski definition) is 5. The molecule has 5 rings (SSSR count). The summed E-state index contributed by atoms with van der Waals surface area (Å²) in [6.45, 7) is 5.73. The lowest BCUT2D eigenvalue weighted by molar-refractivity contribution is 0.628. The van der Waals surface area contributed by atoms with Gasteiger partial charge in [-0.15, -0.1) is 6.58 Å². The molecule has 0 amide bonds. The largest absolute Gasteiger partial charge is 0.366 e. The number of fused-ring (bicyclic) bond motifs is 1. The van der Waals surface area contributed by atoms with Crippen LogP contribution in [0.1, 0.15) is 31.2 Å². The van der Waals surface area contributed by atoms with E-state index in [1.807, 2.05) is 6.08 Å². The maximum absolute atomic E-state index is 13.6. The molecule has 0 spiro atoms. The topological polar surface area (TPSA) is 61.9 Å². The Kier molecular flexibility index (Phi) is 6.29. The summed E-state index contributed by atoms with van der Waals surface area (Å²) in [6.07, 6.45) is 8.46. The molecule has 1 atom stereocenters. The van der Waals surface area contributed by atoms with E-state index in [1.165, 1.54) is 24.5 Å². The van der Waals surface area contributed by atoms with E-state index in [1.54, 1.807) is 12.1 Å². The van der Waals surface area contributed by atoms with Crippen LogP contribution in [0.2, 0.25) is 5.02 Å². The van der Waals surface area contributed by atoms with Crippen LogP contribution >= 0.6 is 11.6 Å². The van der Waals surface area contributed by atoms with Gasteiger partial charge in [0.25, 0.3) is 0 Å². The van der Waals surface area contributed by atoms with Crippen molar-refractivity contribution in [3.05, 3.63) is 71.5 Å². The molecule has 33 heavy (non-hydrogen) atoms. The minimum Gasteiger partial charge on any atom is -0.366 e. The first-order valence-electron chi connectivity index (χ1n) is 11.4. The van der Waals surface area contributed by atoms with Crippen LogP contribution in [-0.2, 0) is 0 Å². The van der Waals surface area contributed by atoms with Crippen LogP contribution in [0.5, 0.6) is 0 Å². The SMILES string of the molecule is C=CC[C@@H](Nc1nc(Nc2ccc(F)c(Cl)c2)nc2c(C3=CCNCC3)cccc12)C1CC1. The fourth-order valence-electron chi connectivity index (χ4n) is 4.37. The van der Waals surface area contributed by atoms with Crippen LogP contribution in [0.3, 0.4) is 0 Å². The second-order valence-electron chi connectivity index (χ2n) is 8.65. The zero-order valence-corrected chi connectivity index (χ0v) is 19.1. The quantitative estimate of drug-likeness (QED) is 0.342. The van der Waals surface area contributed by atoms with Crippen molar-refractivity contribution in [1.29, 1.82) is 0 Å². The Labute approximate surface area is 198 Å². The molecule has 0 radical (unpaired) electrons. The molecular formula is C26H27ClFN5. The molecule has 1 aliphatic carbocycles. The second kappa shape index (κ2) is 9.49. The van der Waals surface area contributed by atoms with Gasteiger partial charge in [-0.25, -0.2) is 9.37 Å². The van der Waals surface area contributed by atoms with Crippen LogP contribution in [-0.4, -0.2) is 29.1 Å². The van der Waals surface area contributed by atoms with Gasteiger partial charge in [0, 0.05) is 29.2 Å². The van der Waals surface area contributed by atoms with Gasteiger partial charge in [0.15, 0.2) is 0 Å². The van der Waals surface area contributed by atoms with Crippen molar-refractivity contribution < 1.29 is 4.39 Å². The van der Waals surface area contributed by atoms with E-state index >= 15 is 0 Å². The summed E-state index contributed by atoms with van der Waals surface area (Å²) in [5.74, 6) is 1.42. The van der Waals surface area contributed by atoms with Gasteiger partial charge in [0.2, 0.25) is 5.95 Å². The smallest absolute Gasteiger partial charge is 0.229 e. The van der Waals surface area contributed by atoms with Gasteiger partial charge >= 0.3 is 0 Å². The molecule has 3 aromatic rings. The molecule has 2 aromatic carbocycles. The average molecular weight is 464 g/mol. The van der Waals surface area contributed by atoms with Gasteiger partial charge in [0.1, 0.15) is 11.6 Å². The number of nitrogens with one attached hydrogen (secondary N) is 3. The zero-order valence-electron chi connectivity index (χ0n) is 18.4. The van der Waals surface area contributed by atoms with Crippen molar-refractivity contribution in [2.45, 2.75) is 31.7 Å². The Morgan fingerprint density at radius 1 is 1.24 bits per heavy atom. The Hall–Kier alpha value is -2.96. The molecule has 2 heterocycles. The highest BCUT2D eigenvalue weighted by molar-refractivity contribution is 6.31. The van der Waals surface area contributed by atoms with E-state index in [4.69, 9.17) is 21.6 Å². The van der Waals surface area contributed by atoms with Crippen LogP contribution in [0.4, 0.5) is 21.8 Å². The van der Waals surface area contributed by atoms with Crippen molar-refractivity contribution in [3.8, 4) is 0 Å². The molecule has 5 nitrogen and oxygen atoms in total. The lowest BCUT2D eigenvalue weighted by atomic mass is 9.97. The summed E-state index contributed by atoms with van der Waals surface area (Å²) >= 11 is 5.99. The highest BCUT2D eigenvalue weighted by atomic mass is 35.5. The molecule has 3 N–H and O–H groups in total. The van der Waals surface area contributed by atoms with Crippen molar-refractivity contribution in [2.24, 2.45) is 5.92 Å². The molecule has 7 heteroatoms. The third-order valence-electron chi connectivity index (χ3n) is 6.25. The van der Waals surface area contributed by atoms with Crippen LogP contribution < -0.4 is 16.0 Å². The van der Waals surface area contributed by atoms with Gasteiger partial charge in [-0.3, -0.25) is 0 Å². The summed E-state index contributed by atoms with van der Waals surface area (Å²) < 4.78 is 13.6. The second-order valence-corrected chi connectivity index (χ2v) is 9.05. The molecule has 0 bridgehead atoms. The van der Waals surface area contributed by atoms with Crippen molar-refractivity contribution in [2.75, 3.05) is 23.7 Å². The van der Waals surface area contributed by atoms with Gasteiger partial charge < -0.3 is 16.0 Å². The van der Waals surface area contributed by atoms with E-state index in [0.717, 1.165) is 48.2 Å². The van der Waals surface area contributed by atoms with E-state index in [0.29, 0.717) is 17.6 Å². The zero-order chi connectivity index (χ0) is 22.8. The van der Waals surface area contributed by atoms with E-state index in [9.17, 15) is 4.39 Å². The predicted octanol–water partition coefficient (Wildman–Crippen LogP) is 6.31. The van der Waals surface area contributed by atoms with E-state index in [2.05, 4.69) is 46.8 Å². The monoisotopic (exact) mass is 463 g/mol. The number of para-hydroxylation sites is 1. The molecular weight excluding hydrogens is 437 g/mol. The standard InChI is InChI=1S/C26H27ClFN5/c1-2-4-23(17-7-8-17)31-25-20-6-3-5-19(16-11-13-29-14-12-16)24(20)32-26(33-25)30-18-9-10-22(28)21(27)15-18/h2-3,5-6,9-11,15,17,23,29H,1,4,7-8,12-14H2,(H2,30,31,32,33)/t23-/m1/s1. The highest BCUT2D eigenvalue weighted by Gasteiger charge is 2.31. The maximum Gasteiger partial charge on any atom is 0.229 e. The number of hydrogen-bond donors (Lipinski definition) is 3. The fourth-order valence-corrected chi connectivity index (χ4v) is 4.55. The van der Waals surface area contributed by atoms with Crippen molar-refractivity contribution >= 4 is 45.5 Å². The molecule has 170 valence electrons. The number of rotatable bonds is 8. The Balaban J connectivity index is 1.60. The predicted molar refractivity (Wildman–Crippen MR) is 135 cm³/mol. The first-order valence-corrected chi connectivity index (χ1v) is 11.8. The number of anilines is 3. The lowest BCUT2D eigenvalue weighted by Crippen LogP contribution is -2.22. The van der Waals surface area contributed by atoms with E-state index in [-0.39, 0.29) is 11.1 Å². The van der Waals surface area contributed by atoms with Gasteiger partial charge in [-0.05, 0) is 68.0 Å². The maximum atomic E-state index is 13.6. The third-order valence-corrected chi connectivity index (χ3v) is 6.54. The number of halogens is 2. The Morgan fingerprint density at radius 2 is 2.12 bits per heavy atom. The summed E-state index contributed by atoms with van der Waals surface area (Å²) in [4.78, 5) is 9.72. The highest BCUT2D eigenvalue weighted by Crippen LogP contribution is 2.38. The third kappa shape index (κ3) is 4.87. The number of aromatic nitrogens is 2. The van der Waals surface area contributed by atoms with Gasteiger partial charge in [-0.1, -0.05) is 35.9 Å². The molecule has 1 aromatic heterocycles. The van der Waals surface area contributed by atoms with E-state index < -0.39 is 5.82 Å². The Morgan fingerprint density at radius 3 is 2.85 bits per heavy atom. The number of nitrogens with zero attached hydrogens (tertiary/aromatic N) is 2. The normalized spacial score (nSPS) is 16.8. The minimum absolute atomic E-state index is 0.0551.